The van der Waals surface area contributed by atoms with Crippen LogP contribution in [0.5, 0.6) is 0 Å². The third kappa shape index (κ3) is 3.69. The van der Waals surface area contributed by atoms with Crippen LogP contribution in [0.3, 0.4) is 0 Å². The average Bonchev–Trinajstić information content (AvgIpc) is 2.41. The summed E-state index contributed by atoms with van der Waals surface area (Å²) >= 11 is 3.16. The summed E-state index contributed by atoms with van der Waals surface area (Å²) in [6.45, 7) is 3.83. The second kappa shape index (κ2) is 6.13. The first-order chi connectivity index (χ1) is 10.2. The smallest absolute Gasteiger partial charge is 0.275 e. The lowest BCUT2D eigenvalue weighted by atomic mass is 10.1. The Hall–Kier alpha value is -1.80. The third-order valence-electron chi connectivity index (χ3n) is 2.90. The molecule has 0 bridgehead atoms. The highest BCUT2D eigenvalue weighted by molar-refractivity contribution is 9.10. The molecule has 6 nitrogen and oxygen atoms in total. The van der Waals surface area contributed by atoms with Gasteiger partial charge >= 0.3 is 0 Å². The van der Waals surface area contributed by atoms with Gasteiger partial charge in [0, 0.05) is 18.1 Å². The van der Waals surface area contributed by atoms with Gasteiger partial charge in [0.1, 0.15) is 5.69 Å². The van der Waals surface area contributed by atoms with Crippen LogP contribution < -0.4 is 5.32 Å². The number of halogens is 1. The molecule has 0 radical (unpaired) electrons. The van der Waals surface area contributed by atoms with Crippen molar-refractivity contribution in [3.05, 3.63) is 45.7 Å². The largest absolute Gasteiger partial charge is 0.320 e. The molecule has 0 aliphatic carbocycles. The van der Waals surface area contributed by atoms with E-state index in [2.05, 4.69) is 31.2 Å². The van der Waals surface area contributed by atoms with Gasteiger partial charge in [-0.2, -0.15) is 0 Å². The number of sulfone groups is 1. The quantitative estimate of drug-likeness (QED) is 0.822. The van der Waals surface area contributed by atoms with Crippen molar-refractivity contribution in [2.75, 3.05) is 11.6 Å². The molecule has 2 aromatic rings. The predicted molar refractivity (Wildman–Crippen MR) is 86.7 cm³/mol. The molecule has 0 atom stereocenters. The van der Waals surface area contributed by atoms with Crippen molar-refractivity contribution in [3.8, 4) is 0 Å². The van der Waals surface area contributed by atoms with Crippen molar-refractivity contribution in [1.29, 1.82) is 0 Å². The monoisotopic (exact) mass is 383 g/mol. The van der Waals surface area contributed by atoms with Crippen LogP contribution in [0, 0.1) is 13.8 Å². The summed E-state index contributed by atoms with van der Waals surface area (Å²) in [4.78, 5) is 19.9. The maximum Gasteiger partial charge on any atom is 0.275 e. The van der Waals surface area contributed by atoms with Crippen LogP contribution >= 0.6 is 15.9 Å². The summed E-state index contributed by atoms with van der Waals surface area (Å²) in [6.07, 6.45) is 2.24. The fourth-order valence-corrected chi connectivity index (χ4v) is 2.70. The topological polar surface area (TPSA) is 89.0 Å². The summed E-state index contributed by atoms with van der Waals surface area (Å²) in [5, 5.41) is 2.33. The molecule has 1 amide bonds. The maximum absolute atomic E-state index is 12.3. The van der Waals surface area contributed by atoms with Crippen molar-refractivity contribution in [3.63, 3.8) is 0 Å². The van der Waals surface area contributed by atoms with Gasteiger partial charge in [-0.1, -0.05) is 17.7 Å². The highest BCUT2D eigenvalue weighted by atomic mass is 79.9. The average molecular weight is 384 g/mol. The molecule has 0 unspecified atom stereocenters. The normalized spacial score (nSPS) is 11.3. The van der Waals surface area contributed by atoms with Gasteiger partial charge in [-0.3, -0.25) is 4.79 Å². The Balaban J connectivity index is 2.37. The van der Waals surface area contributed by atoms with Crippen LogP contribution in [0.25, 0.3) is 0 Å². The van der Waals surface area contributed by atoms with Crippen LogP contribution in [-0.2, 0) is 9.84 Å². The molecule has 1 aromatic heterocycles. The zero-order valence-corrected chi connectivity index (χ0v) is 14.6. The SMILES string of the molecule is Cc1ccc(NC(=O)c2nc(S(C)(=O)=O)ncc2Br)c(C)c1. The van der Waals surface area contributed by atoms with Gasteiger partial charge in [0.05, 0.1) is 4.47 Å². The number of carbonyl (C=O) groups is 1. The van der Waals surface area contributed by atoms with E-state index in [-0.39, 0.29) is 10.9 Å². The number of nitrogens with zero attached hydrogens (tertiary/aromatic N) is 2. The first-order valence-corrected chi connectivity index (χ1v) is 8.98. The lowest BCUT2D eigenvalue weighted by Crippen LogP contribution is -2.17. The molecule has 0 saturated carbocycles. The zero-order chi connectivity index (χ0) is 16.5. The highest BCUT2D eigenvalue weighted by Gasteiger charge is 2.19. The number of hydrogen-bond donors (Lipinski definition) is 1. The Labute approximate surface area is 137 Å². The van der Waals surface area contributed by atoms with Gasteiger partial charge < -0.3 is 5.32 Å². The van der Waals surface area contributed by atoms with Crippen LogP contribution in [0.2, 0.25) is 0 Å². The van der Waals surface area contributed by atoms with E-state index in [9.17, 15) is 13.2 Å². The van der Waals surface area contributed by atoms with Crippen LogP contribution in [0.15, 0.2) is 34.0 Å². The Bertz CT molecular complexity index is 850. The third-order valence-corrected chi connectivity index (χ3v) is 4.34. The second-order valence-electron chi connectivity index (χ2n) is 4.89. The number of nitrogens with one attached hydrogen (secondary N) is 1. The van der Waals surface area contributed by atoms with E-state index in [0.717, 1.165) is 17.4 Å². The minimum atomic E-state index is -3.59. The predicted octanol–water partition coefficient (Wildman–Crippen LogP) is 2.51. The fraction of sp³-hybridized carbons (Fsp3) is 0.214. The summed E-state index contributed by atoms with van der Waals surface area (Å²) in [6, 6.07) is 5.60. The van der Waals surface area contributed by atoms with E-state index in [1.807, 2.05) is 26.0 Å². The molecule has 2 rings (SSSR count). The van der Waals surface area contributed by atoms with E-state index in [1.165, 1.54) is 6.20 Å². The maximum atomic E-state index is 12.3. The molecular weight excluding hydrogens is 370 g/mol. The van der Waals surface area contributed by atoms with Crippen molar-refractivity contribution in [2.24, 2.45) is 0 Å². The molecule has 22 heavy (non-hydrogen) atoms. The van der Waals surface area contributed by atoms with Gasteiger partial charge in [-0.25, -0.2) is 18.4 Å². The van der Waals surface area contributed by atoms with Gasteiger partial charge in [-0.15, -0.1) is 0 Å². The molecule has 0 aliphatic heterocycles. The molecule has 8 heteroatoms. The Morgan fingerprint density at radius 3 is 2.55 bits per heavy atom. The molecule has 0 fully saturated rings. The van der Waals surface area contributed by atoms with E-state index >= 15 is 0 Å². The van der Waals surface area contributed by atoms with E-state index in [4.69, 9.17) is 0 Å². The minimum absolute atomic E-state index is 0.0320. The van der Waals surface area contributed by atoms with Gasteiger partial charge in [0.15, 0.2) is 0 Å². The lowest BCUT2D eigenvalue weighted by Gasteiger charge is -2.10. The Morgan fingerprint density at radius 2 is 1.95 bits per heavy atom. The number of anilines is 1. The van der Waals surface area contributed by atoms with E-state index in [1.54, 1.807) is 6.07 Å². The molecule has 1 heterocycles. The number of hydrogen-bond acceptors (Lipinski definition) is 5. The second-order valence-corrected chi connectivity index (χ2v) is 7.66. The number of benzene rings is 1. The van der Waals surface area contributed by atoms with Crippen LogP contribution in [0.1, 0.15) is 21.6 Å². The Kier molecular flexibility index (Phi) is 4.62. The summed E-state index contributed by atoms with van der Waals surface area (Å²) in [5.74, 6) is -0.508. The van der Waals surface area contributed by atoms with Crippen molar-refractivity contribution in [2.45, 2.75) is 19.0 Å². The van der Waals surface area contributed by atoms with E-state index < -0.39 is 15.7 Å². The molecule has 0 spiro atoms. The molecule has 116 valence electrons. The molecule has 0 saturated heterocycles. The standard InChI is InChI=1S/C14H14BrN3O3S/c1-8-4-5-11(9(2)6-8)17-13(19)12-10(15)7-16-14(18-12)22(3,20)21/h4-7H,1-3H3,(H,17,19). The fourth-order valence-electron chi connectivity index (χ4n) is 1.82. The van der Waals surface area contributed by atoms with Crippen LogP contribution in [-0.4, -0.2) is 30.5 Å². The van der Waals surface area contributed by atoms with Gasteiger partial charge in [0.2, 0.25) is 15.0 Å². The van der Waals surface area contributed by atoms with E-state index in [0.29, 0.717) is 10.2 Å². The van der Waals surface area contributed by atoms with Crippen molar-refractivity contribution in [1.82, 2.24) is 9.97 Å². The molecule has 1 N–H and O–H groups in total. The first kappa shape index (κ1) is 16.6. The van der Waals surface area contributed by atoms with Crippen molar-refractivity contribution < 1.29 is 13.2 Å². The zero-order valence-electron chi connectivity index (χ0n) is 12.2. The summed E-state index contributed by atoms with van der Waals surface area (Å²) in [5.41, 5.74) is 2.59. The van der Waals surface area contributed by atoms with Crippen LogP contribution in [0.4, 0.5) is 5.69 Å². The Morgan fingerprint density at radius 1 is 1.27 bits per heavy atom. The number of amides is 1. The highest BCUT2D eigenvalue weighted by Crippen LogP contribution is 2.20. The molecule has 0 aliphatic rings. The number of aromatic nitrogens is 2. The summed E-state index contributed by atoms with van der Waals surface area (Å²) < 4.78 is 23.3. The van der Waals surface area contributed by atoms with Gasteiger partial charge in [-0.05, 0) is 41.4 Å². The summed E-state index contributed by atoms with van der Waals surface area (Å²) in [7, 11) is -3.59. The van der Waals surface area contributed by atoms with Crippen molar-refractivity contribution >= 4 is 37.4 Å². The lowest BCUT2D eigenvalue weighted by molar-refractivity contribution is 0.102. The molecule has 1 aromatic carbocycles. The number of aryl methyl sites for hydroxylation is 2. The number of carbonyl (C=O) groups excluding carboxylic acids is 1. The first-order valence-electron chi connectivity index (χ1n) is 6.29. The minimum Gasteiger partial charge on any atom is -0.320 e. The molecular formula is C14H14BrN3O3S. The number of rotatable bonds is 3. The van der Waals surface area contributed by atoms with Gasteiger partial charge in [0.25, 0.3) is 5.91 Å².